The zero-order valence-corrected chi connectivity index (χ0v) is 15.0. The minimum Gasteiger partial charge on any atom is -0.351 e. The Morgan fingerprint density at radius 3 is 2.24 bits per heavy atom. The van der Waals surface area contributed by atoms with Crippen molar-refractivity contribution < 1.29 is 13.2 Å². The SMILES string of the molecule is CC(C)S(=O)(=O)C(C)CNC(=O)c1ccc(CCBr)cc1. The topological polar surface area (TPSA) is 63.2 Å². The molecule has 21 heavy (non-hydrogen) atoms. The molecule has 6 heteroatoms. The Hall–Kier alpha value is -0.880. The van der Waals surface area contributed by atoms with Crippen molar-refractivity contribution in [1.82, 2.24) is 5.32 Å². The van der Waals surface area contributed by atoms with Gasteiger partial charge in [-0.2, -0.15) is 0 Å². The summed E-state index contributed by atoms with van der Waals surface area (Å²) in [5, 5.41) is 2.54. The summed E-state index contributed by atoms with van der Waals surface area (Å²) in [4.78, 5) is 12.0. The Kier molecular flexibility index (Phi) is 6.87. The molecule has 0 saturated heterocycles. The Morgan fingerprint density at radius 1 is 1.19 bits per heavy atom. The van der Waals surface area contributed by atoms with E-state index in [4.69, 9.17) is 0 Å². The van der Waals surface area contributed by atoms with Crippen LogP contribution in [0.4, 0.5) is 0 Å². The molecule has 0 fully saturated rings. The van der Waals surface area contributed by atoms with Crippen molar-refractivity contribution in [3.63, 3.8) is 0 Å². The summed E-state index contributed by atoms with van der Waals surface area (Å²) in [5.74, 6) is -0.244. The van der Waals surface area contributed by atoms with Crippen LogP contribution in [0.1, 0.15) is 36.7 Å². The van der Waals surface area contributed by atoms with Gasteiger partial charge in [0, 0.05) is 17.4 Å². The first-order chi connectivity index (χ1) is 9.78. The molecular weight excluding hydrogens is 354 g/mol. The minimum absolute atomic E-state index is 0.127. The van der Waals surface area contributed by atoms with Gasteiger partial charge in [0.15, 0.2) is 9.84 Å². The van der Waals surface area contributed by atoms with Gasteiger partial charge in [0.1, 0.15) is 0 Å². The number of alkyl halides is 1. The quantitative estimate of drug-likeness (QED) is 0.744. The minimum atomic E-state index is -3.19. The largest absolute Gasteiger partial charge is 0.351 e. The van der Waals surface area contributed by atoms with E-state index in [9.17, 15) is 13.2 Å². The molecule has 0 aliphatic rings. The standard InChI is InChI=1S/C15H22BrNO3S/c1-11(2)21(19,20)12(3)10-17-15(18)14-6-4-13(5-7-14)8-9-16/h4-7,11-12H,8-10H2,1-3H3,(H,17,18). The van der Waals surface area contributed by atoms with Gasteiger partial charge in [-0.1, -0.05) is 28.1 Å². The number of rotatable bonds is 7. The van der Waals surface area contributed by atoms with Crippen molar-refractivity contribution in [3.8, 4) is 0 Å². The highest BCUT2D eigenvalue weighted by Gasteiger charge is 2.24. The average molecular weight is 376 g/mol. The van der Waals surface area contributed by atoms with Crippen LogP contribution in [0.2, 0.25) is 0 Å². The van der Waals surface area contributed by atoms with Crippen LogP contribution in [-0.2, 0) is 16.3 Å². The molecule has 1 aromatic rings. The molecule has 4 nitrogen and oxygen atoms in total. The van der Waals surface area contributed by atoms with Gasteiger partial charge < -0.3 is 5.32 Å². The normalized spacial score (nSPS) is 13.2. The van der Waals surface area contributed by atoms with Crippen LogP contribution in [0.3, 0.4) is 0 Å². The number of sulfone groups is 1. The van der Waals surface area contributed by atoms with Crippen LogP contribution in [0, 0.1) is 0 Å². The van der Waals surface area contributed by atoms with Crippen LogP contribution in [-0.4, -0.2) is 36.7 Å². The summed E-state index contributed by atoms with van der Waals surface area (Å²) in [6.07, 6.45) is 0.908. The average Bonchev–Trinajstić information content (AvgIpc) is 2.45. The number of hydrogen-bond donors (Lipinski definition) is 1. The zero-order chi connectivity index (χ0) is 16.0. The van der Waals surface area contributed by atoms with Crippen LogP contribution in [0.25, 0.3) is 0 Å². The Bertz CT molecular complexity index is 567. The summed E-state index contributed by atoms with van der Waals surface area (Å²) in [6.45, 7) is 5.05. The molecule has 0 aliphatic heterocycles. The smallest absolute Gasteiger partial charge is 0.251 e. The van der Waals surface area contributed by atoms with E-state index in [1.807, 2.05) is 12.1 Å². The first-order valence-electron chi connectivity index (χ1n) is 6.94. The summed E-state index contributed by atoms with van der Waals surface area (Å²) in [5.41, 5.74) is 1.70. The fourth-order valence-electron chi connectivity index (χ4n) is 1.85. The molecule has 1 unspecified atom stereocenters. The fourth-order valence-corrected chi connectivity index (χ4v) is 3.55. The van der Waals surface area contributed by atoms with Crippen LogP contribution in [0.15, 0.2) is 24.3 Å². The van der Waals surface area contributed by atoms with Gasteiger partial charge in [0.05, 0.1) is 10.5 Å². The number of carbonyl (C=O) groups is 1. The number of benzene rings is 1. The van der Waals surface area contributed by atoms with Crippen molar-refractivity contribution >= 4 is 31.7 Å². The molecule has 0 heterocycles. The van der Waals surface area contributed by atoms with Crippen molar-refractivity contribution in [2.24, 2.45) is 0 Å². The molecule has 0 radical (unpaired) electrons. The van der Waals surface area contributed by atoms with E-state index in [0.29, 0.717) is 5.56 Å². The number of halogens is 1. The van der Waals surface area contributed by atoms with Gasteiger partial charge in [-0.15, -0.1) is 0 Å². The summed E-state index contributed by atoms with van der Waals surface area (Å²) in [6, 6.07) is 7.33. The molecule has 0 aromatic heterocycles. The summed E-state index contributed by atoms with van der Waals surface area (Å²) in [7, 11) is -3.19. The van der Waals surface area contributed by atoms with E-state index in [-0.39, 0.29) is 12.5 Å². The fraction of sp³-hybridized carbons (Fsp3) is 0.533. The third-order valence-electron chi connectivity index (χ3n) is 3.37. The number of nitrogens with one attached hydrogen (secondary N) is 1. The summed E-state index contributed by atoms with van der Waals surface area (Å²) >= 11 is 3.37. The maximum Gasteiger partial charge on any atom is 0.251 e. The monoisotopic (exact) mass is 375 g/mol. The Balaban J connectivity index is 2.62. The third kappa shape index (κ3) is 5.11. The predicted molar refractivity (Wildman–Crippen MR) is 89.8 cm³/mol. The molecule has 1 N–H and O–H groups in total. The van der Waals surface area contributed by atoms with E-state index in [1.54, 1.807) is 32.9 Å². The van der Waals surface area contributed by atoms with Gasteiger partial charge in [0.25, 0.3) is 5.91 Å². The molecule has 0 saturated carbocycles. The van der Waals surface area contributed by atoms with Crippen molar-refractivity contribution in [2.45, 2.75) is 37.7 Å². The van der Waals surface area contributed by atoms with Gasteiger partial charge in [0.2, 0.25) is 0 Å². The second-order valence-corrected chi connectivity index (χ2v) is 9.01. The first kappa shape index (κ1) is 18.2. The Morgan fingerprint density at radius 2 is 1.76 bits per heavy atom. The van der Waals surface area contributed by atoms with Crippen molar-refractivity contribution in [1.29, 1.82) is 0 Å². The van der Waals surface area contributed by atoms with E-state index in [0.717, 1.165) is 17.3 Å². The van der Waals surface area contributed by atoms with Crippen LogP contribution < -0.4 is 5.32 Å². The highest BCUT2D eigenvalue weighted by atomic mass is 79.9. The van der Waals surface area contributed by atoms with Crippen molar-refractivity contribution in [3.05, 3.63) is 35.4 Å². The lowest BCUT2D eigenvalue weighted by Gasteiger charge is -2.16. The second-order valence-electron chi connectivity index (χ2n) is 5.29. The predicted octanol–water partition coefficient (Wildman–Crippen LogP) is 2.57. The number of hydrogen-bond acceptors (Lipinski definition) is 3. The maximum absolute atomic E-state index is 12.0. The van der Waals surface area contributed by atoms with Crippen LogP contribution in [0.5, 0.6) is 0 Å². The van der Waals surface area contributed by atoms with E-state index in [1.165, 1.54) is 0 Å². The highest BCUT2D eigenvalue weighted by Crippen LogP contribution is 2.09. The molecular formula is C15H22BrNO3S. The molecule has 1 aromatic carbocycles. The van der Waals surface area contributed by atoms with E-state index < -0.39 is 20.3 Å². The lowest BCUT2D eigenvalue weighted by atomic mass is 10.1. The van der Waals surface area contributed by atoms with Crippen LogP contribution >= 0.6 is 15.9 Å². The summed E-state index contributed by atoms with van der Waals surface area (Å²) < 4.78 is 23.9. The number of carbonyl (C=O) groups excluding carboxylic acids is 1. The maximum atomic E-state index is 12.0. The van der Waals surface area contributed by atoms with Gasteiger partial charge in [-0.3, -0.25) is 4.79 Å². The number of aryl methyl sites for hydroxylation is 1. The highest BCUT2D eigenvalue weighted by molar-refractivity contribution is 9.09. The van der Waals surface area contributed by atoms with E-state index in [2.05, 4.69) is 21.2 Å². The van der Waals surface area contributed by atoms with Gasteiger partial charge >= 0.3 is 0 Å². The second kappa shape index (κ2) is 7.94. The number of amides is 1. The van der Waals surface area contributed by atoms with E-state index >= 15 is 0 Å². The molecule has 118 valence electrons. The molecule has 0 spiro atoms. The van der Waals surface area contributed by atoms with Gasteiger partial charge in [-0.05, 0) is 44.9 Å². The molecule has 1 atom stereocenters. The molecule has 1 amide bonds. The van der Waals surface area contributed by atoms with Gasteiger partial charge in [-0.25, -0.2) is 8.42 Å². The lowest BCUT2D eigenvalue weighted by Crippen LogP contribution is -2.37. The zero-order valence-electron chi connectivity index (χ0n) is 12.6. The molecule has 0 bridgehead atoms. The molecule has 1 rings (SSSR count). The Labute approximate surface area is 135 Å². The molecule has 0 aliphatic carbocycles. The lowest BCUT2D eigenvalue weighted by molar-refractivity contribution is 0.0954. The third-order valence-corrected chi connectivity index (χ3v) is 6.37. The van der Waals surface area contributed by atoms with Crippen molar-refractivity contribution in [2.75, 3.05) is 11.9 Å². The first-order valence-corrected chi connectivity index (χ1v) is 9.68.